The van der Waals surface area contributed by atoms with Crippen LogP contribution in [0.2, 0.25) is 0 Å². The zero-order valence-corrected chi connectivity index (χ0v) is 11.2. The largest absolute Gasteiger partial charge is 0.354 e. The zero-order valence-electron chi connectivity index (χ0n) is 10.4. The molecule has 0 fully saturated rings. The minimum Gasteiger partial charge on any atom is -0.354 e. The molecule has 0 spiro atoms. The maximum Gasteiger partial charge on any atom is 0.226 e. The Kier molecular flexibility index (Phi) is 4.11. The first-order valence-corrected chi connectivity index (χ1v) is 6.66. The number of nitrogens with one attached hydrogen (secondary N) is 1. The molecule has 7 heteroatoms. The van der Waals surface area contributed by atoms with Crippen LogP contribution in [0.3, 0.4) is 0 Å². The van der Waals surface area contributed by atoms with E-state index in [1.165, 1.54) is 11.3 Å². The molecule has 0 atom stereocenters. The van der Waals surface area contributed by atoms with Crippen LogP contribution in [0.25, 0.3) is 10.2 Å². The first-order chi connectivity index (χ1) is 9.30. The van der Waals surface area contributed by atoms with Gasteiger partial charge in [-0.3, -0.25) is 0 Å². The summed E-state index contributed by atoms with van der Waals surface area (Å²) in [5, 5.41) is 23.6. The van der Waals surface area contributed by atoms with Crippen LogP contribution in [0.4, 0.5) is 11.8 Å². The van der Waals surface area contributed by atoms with Gasteiger partial charge in [0.05, 0.1) is 17.5 Å². The Morgan fingerprint density at radius 2 is 2.05 bits per heavy atom. The molecule has 2 aromatic rings. The summed E-state index contributed by atoms with van der Waals surface area (Å²) in [7, 11) is 0. The molecule has 96 valence electrons. The molecule has 19 heavy (non-hydrogen) atoms. The van der Waals surface area contributed by atoms with E-state index >= 15 is 0 Å². The highest BCUT2D eigenvalue weighted by Crippen LogP contribution is 2.28. The van der Waals surface area contributed by atoms with Gasteiger partial charge < -0.3 is 10.2 Å². The smallest absolute Gasteiger partial charge is 0.226 e. The molecule has 0 aliphatic rings. The molecule has 0 saturated carbocycles. The van der Waals surface area contributed by atoms with Gasteiger partial charge in [0.15, 0.2) is 0 Å². The van der Waals surface area contributed by atoms with Gasteiger partial charge in [0.1, 0.15) is 23.7 Å². The van der Waals surface area contributed by atoms with Crippen molar-refractivity contribution in [3.8, 4) is 12.1 Å². The second-order valence-electron chi connectivity index (χ2n) is 3.71. The molecule has 6 nitrogen and oxygen atoms in total. The van der Waals surface area contributed by atoms with Gasteiger partial charge in [0.25, 0.3) is 0 Å². The number of aromatic nitrogens is 2. The van der Waals surface area contributed by atoms with E-state index < -0.39 is 0 Å². The van der Waals surface area contributed by atoms with Crippen LogP contribution in [-0.4, -0.2) is 29.6 Å². The van der Waals surface area contributed by atoms with Gasteiger partial charge in [-0.1, -0.05) is 0 Å². The Hall–Kier alpha value is -2.38. The summed E-state index contributed by atoms with van der Waals surface area (Å²) in [6, 6.07) is 6.02. The van der Waals surface area contributed by atoms with Crippen LogP contribution in [0.15, 0.2) is 11.4 Å². The Morgan fingerprint density at radius 3 is 2.68 bits per heavy atom. The normalized spacial score (nSPS) is 9.84. The summed E-state index contributed by atoms with van der Waals surface area (Å²) in [6.45, 7) is 2.93. The van der Waals surface area contributed by atoms with Gasteiger partial charge in [-0.05, 0) is 18.4 Å². The van der Waals surface area contributed by atoms with Crippen LogP contribution in [0.5, 0.6) is 0 Å². The lowest BCUT2D eigenvalue weighted by atomic mass is 10.3. The molecule has 2 heterocycles. The van der Waals surface area contributed by atoms with Gasteiger partial charge in [0, 0.05) is 6.54 Å². The van der Waals surface area contributed by atoms with Crippen LogP contribution in [0, 0.1) is 22.7 Å². The molecule has 0 amide bonds. The van der Waals surface area contributed by atoms with Crippen molar-refractivity contribution in [2.45, 2.75) is 6.92 Å². The van der Waals surface area contributed by atoms with E-state index in [2.05, 4.69) is 27.4 Å². The van der Waals surface area contributed by atoms with Crippen molar-refractivity contribution in [3.05, 3.63) is 11.4 Å². The van der Waals surface area contributed by atoms with Crippen LogP contribution < -0.4 is 10.2 Å². The number of anilines is 2. The highest BCUT2D eigenvalue weighted by molar-refractivity contribution is 7.16. The molecule has 0 saturated heterocycles. The highest BCUT2D eigenvalue weighted by atomic mass is 32.1. The number of nitrogens with zero attached hydrogens (tertiary/aromatic N) is 5. The highest BCUT2D eigenvalue weighted by Gasteiger charge is 2.14. The second-order valence-corrected chi connectivity index (χ2v) is 4.61. The van der Waals surface area contributed by atoms with Gasteiger partial charge in [-0.15, -0.1) is 11.3 Å². The van der Waals surface area contributed by atoms with E-state index in [-0.39, 0.29) is 13.1 Å². The van der Waals surface area contributed by atoms with E-state index in [1.54, 1.807) is 4.90 Å². The number of thiophene rings is 1. The molecule has 0 aliphatic heterocycles. The summed E-state index contributed by atoms with van der Waals surface area (Å²) in [4.78, 5) is 11.3. The third-order valence-corrected chi connectivity index (χ3v) is 3.27. The Labute approximate surface area is 114 Å². The van der Waals surface area contributed by atoms with E-state index in [4.69, 9.17) is 10.5 Å². The number of hydrogen-bond donors (Lipinski definition) is 1. The number of fused-ring (bicyclic) bond motifs is 1. The minimum atomic E-state index is 0.126. The molecular formula is C12H12N6S. The molecule has 0 aromatic carbocycles. The molecular weight excluding hydrogens is 260 g/mol. The van der Waals surface area contributed by atoms with Gasteiger partial charge in [-0.2, -0.15) is 15.5 Å². The summed E-state index contributed by atoms with van der Waals surface area (Å²) in [5.74, 6) is 1.15. The third kappa shape index (κ3) is 2.72. The topological polar surface area (TPSA) is 88.6 Å². The summed E-state index contributed by atoms with van der Waals surface area (Å²) in [6.07, 6.45) is 0. The maximum absolute atomic E-state index is 8.86. The standard InChI is InChI=1S/C12H12N6S/c1-2-15-12-16-10(18(6-4-13)7-5-14)9-3-8-19-11(9)17-12/h3,8H,2,6-7H2,1H3,(H,15,16,17). The number of nitriles is 2. The van der Waals surface area contributed by atoms with Crippen molar-refractivity contribution in [2.24, 2.45) is 0 Å². The lowest BCUT2D eigenvalue weighted by Gasteiger charge is -2.18. The lowest BCUT2D eigenvalue weighted by Crippen LogP contribution is -2.25. The van der Waals surface area contributed by atoms with Crippen molar-refractivity contribution in [2.75, 3.05) is 29.9 Å². The van der Waals surface area contributed by atoms with E-state index in [9.17, 15) is 0 Å². The van der Waals surface area contributed by atoms with Crippen LogP contribution in [-0.2, 0) is 0 Å². The number of rotatable bonds is 5. The van der Waals surface area contributed by atoms with Gasteiger partial charge >= 0.3 is 0 Å². The fourth-order valence-corrected chi connectivity index (χ4v) is 2.45. The monoisotopic (exact) mass is 272 g/mol. The van der Waals surface area contributed by atoms with Crippen LogP contribution in [0.1, 0.15) is 6.92 Å². The first-order valence-electron chi connectivity index (χ1n) is 5.78. The Balaban J connectivity index is 2.52. The van der Waals surface area contributed by atoms with Crippen molar-refractivity contribution in [1.82, 2.24) is 9.97 Å². The third-order valence-electron chi connectivity index (χ3n) is 2.46. The molecule has 0 unspecified atom stereocenters. The summed E-state index contributed by atoms with van der Waals surface area (Å²) in [5.41, 5.74) is 0. The summed E-state index contributed by atoms with van der Waals surface area (Å²) >= 11 is 1.51. The molecule has 0 aliphatic carbocycles. The predicted molar refractivity (Wildman–Crippen MR) is 75.0 cm³/mol. The Bertz CT molecular complexity index is 634. The lowest BCUT2D eigenvalue weighted by molar-refractivity contribution is 0.936. The van der Waals surface area contributed by atoms with E-state index in [0.717, 1.165) is 10.2 Å². The van der Waals surface area contributed by atoms with Crippen LogP contribution >= 0.6 is 11.3 Å². The average Bonchev–Trinajstić information content (AvgIpc) is 2.86. The fourth-order valence-electron chi connectivity index (χ4n) is 1.69. The molecule has 1 N–H and O–H groups in total. The second kappa shape index (κ2) is 5.98. The van der Waals surface area contributed by atoms with Crippen molar-refractivity contribution in [1.29, 1.82) is 10.5 Å². The zero-order chi connectivity index (χ0) is 13.7. The maximum atomic E-state index is 8.86. The van der Waals surface area contributed by atoms with Crippen molar-refractivity contribution < 1.29 is 0 Å². The molecule has 0 bridgehead atoms. The SMILES string of the molecule is CCNc1nc(N(CC#N)CC#N)c2ccsc2n1. The fraction of sp³-hybridized carbons (Fsp3) is 0.333. The van der Waals surface area contributed by atoms with E-state index in [1.807, 2.05) is 18.4 Å². The van der Waals surface area contributed by atoms with Gasteiger partial charge in [0.2, 0.25) is 5.95 Å². The first kappa shape index (κ1) is 13.1. The van der Waals surface area contributed by atoms with E-state index in [0.29, 0.717) is 18.3 Å². The van der Waals surface area contributed by atoms with Crippen molar-refractivity contribution in [3.63, 3.8) is 0 Å². The summed E-state index contributed by atoms with van der Waals surface area (Å²) < 4.78 is 0. The van der Waals surface area contributed by atoms with Crippen molar-refractivity contribution >= 4 is 33.3 Å². The predicted octanol–water partition coefficient (Wildman–Crippen LogP) is 1.98. The molecule has 0 radical (unpaired) electrons. The van der Waals surface area contributed by atoms with Gasteiger partial charge in [-0.25, -0.2) is 4.98 Å². The molecule has 2 aromatic heterocycles. The average molecular weight is 272 g/mol. The number of hydrogen-bond acceptors (Lipinski definition) is 7. The Morgan fingerprint density at radius 1 is 1.32 bits per heavy atom. The molecule has 2 rings (SSSR count). The minimum absolute atomic E-state index is 0.126. The quantitative estimate of drug-likeness (QED) is 0.837.